The number of nitrogens with zero attached hydrogens (tertiary/aromatic N) is 2. The highest BCUT2D eigenvalue weighted by Crippen LogP contribution is 2.33. The molecule has 0 amide bonds. The minimum absolute atomic E-state index is 0.355. The Morgan fingerprint density at radius 1 is 1.67 bits per heavy atom. The second kappa shape index (κ2) is 4.13. The summed E-state index contributed by atoms with van der Waals surface area (Å²) in [7, 11) is 0. The molecule has 0 unspecified atom stereocenters. The van der Waals surface area contributed by atoms with E-state index >= 15 is 0 Å². The van der Waals surface area contributed by atoms with Gasteiger partial charge in [-0.25, -0.2) is 8.78 Å². The summed E-state index contributed by atoms with van der Waals surface area (Å²) >= 11 is 0. The maximum Gasteiger partial charge on any atom is 0.406 e. The molecule has 0 saturated heterocycles. The van der Waals surface area contributed by atoms with Crippen LogP contribution in [0, 0.1) is 10.1 Å². The fourth-order valence-corrected chi connectivity index (χ4v) is 1.08. The number of rotatable bonds is 3. The number of hydrogen-bond acceptors (Lipinski definition) is 5. The van der Waals surface area contributed by atoms with Gasteiger partial charge in [-0.3, -0.25) is 0 Å². The fourth-order valence-electron chi connectivity index (χ4n) is 1.08. The molecule has 0 spiro atoms. The summed E-state index contributed by atoms with van der Waals surface area (Å²) in [6.45, 7) is -0.422. The molecule has 1 aromatic heterocycles. The van der Waals surface area contributed by atoms with Gasteiger partial charge in [0.15, 0.2) is 0 Å². The zero-order chi connectivity index (χ0) is 11.6. The molecule has 82 valence electrons. The number of hydrogen-bond donors (Lipinski definition) is 2. The van der Waals surface area contributed by atoms with E-state index in [2.05, 4.69) is 4.98 Å². The molecule has 1 rings (SSSR count). The molecule has 1 heterocycles. The van der Waals surface area contributed by atoms with E-state index in [1.807, 2.05) is 0 Å². The number of alkyl halides is 2. The van der Waals surface area contributed by atoms with E-state index in [0.717, 1.165) is 0 Å². The molecule has 0 fully saturated rings. The summed E-state index contributed by atoms with van der Waals surface area (Å²) < 4.78 is 24.7. The molecule has 0 bridgehead atoms. The molecule has 0 aliphatic rings. The largest absolute Gasteiger partial charge is 0.501 e. The van der Waals surface area contributed by atoms with Crippen molar-refractivity contribution < 1.29 is 18.8 Å². The van der Waals surface area contributed by atoms with Crippen LogP contribution in [0.1, 0.15) is 17.6 Å². The monoisotopic (exact) mass is 219 g/mol. The van der Waals surface area contributed by atoms with Gasteiger partial charge in [-0.1, -0.05) is 0 Å². The quantitative estimate of drug-likeness (QED) is 0.585. The minimum Gasteiger partial charge on any atom is -0.501 e. The summed E-state index contributed by atoms with van der Waals surface area (Å²) in [4.78, 5) is 12.5. The van der Waals surface area contributed by atoms with Crippen molar-refractivity contribution in [2.45, 2.75) is 13.0 Å². The third-order valence-corrected chi connectivity index (χ3v) is 1.78. The topological polar surface area (TPSA) is 102 Å². The summed E-state index contributed by atoms with van der Waals surface area (Å²) in [6, 6.07) is 0. The predicted octanol–water partition coefficient (Wildman–Crippen LogP) is 1.09. The number of aromatic nitrogens is 1. The highest BCUT2D eigenvalue weighted by Gasteiger charge is 2.25. The number of halogens is 2. The molecule has 8 heteroatoms. The SMILES string of the molecule is NCc1c(C(F)F)cnc([N+](=O)[O-])c1O. The lowest BCUT2D eigenvalue weighted by molar-refractivity contribution is -0.390. The van der Waals surface area contributed by atoms with E-state index in [1.165, 1.54) is 0 Å². The Balaban J connectivity index is 3.39. The minimum atomic E-state index is -2.89. The second-order valence-electron chi connectivity index (χ2n) is 2.63. The lowest BCUT2D eigenvalue weighted by Crippen LogP contribution is -2.06. The van der Waals surface area contributed by atoms with Gasteiger partial charge >= 0.3 is 5.82 Å². The average molecular weight is 219 g/mol. The van der Waals surface area contributed by atoms with Crippen LogP contribution in [0.5, 0.6) is 5.75 Å². The van der Waals surface area contributed by atoms with Crippen LogP contribution in [0.4, 0.5) is 14.6 Å². The van der Waals surface area contributed by atoms with Crippen LogP contribution in [0.25, 0.3) is 0 Å². The van der Waals surface area contributed by atoms with Crippen LogP contribution >= 0.6 is 0 Å². The van der Waals surface area contributed by atoms with Gasteiger partial charge in [0.05, 0.1) is 5.56 Å². The Morgan fingerprint density at radius 3 is 2.67 bits per heavy atom. The number of aromatic hydroxyl groups is 1. The van der Waals surface area contributed by atoms with Gasteiger partial charge in [0, 0.05) is 12.1 Å². The van der Waals surface area contributed by atoms with Crippen molar-refractivity contribution >= 4 is 5.82 Å². The van der Waals surface area contributed by atoms with Crippen LogP contribution in [-0.4, -0.2) is 15.0 Å². The predicted molar refractivity (Wildman–Crippen MR) is 45.4 cm³/mol. The summed E-state index contributed by atoms with van der Waals surface area (Å²) in [5.41, 5.74) is 4.16. The van der Waals surface area contributed by atoms with Crippen molar-refractivity contribution in [1.29, 1.82) is 0 Å². The summed E-state index contributed by atoms with van der Waals surface area (Å²) in [5, 5.41) is 19.6. The van der Waals surface area contributed by atoms with Gasteiger partial charge in [0.2, 0.25) is 5.75 Å². The Hall–Kier alpha value is -1.83. The third-order valence-electron chi connectivity index (χ3n) is 1.78. The van der Waals surface area contributed by atoms with E-state index in [1.54, 1.807) is 0 Å². The van der Waals surface area contributed by atoms with E-state index in [4.69, 9.17) is 5.73 Å². The third kappa shape index (κ3) is 1.99. The van der Waals surface area contributed by atoms with Gasteiger partial charge in [0.1, 0.15) is 6.20 Å². The Labute approximate surface area is 82.5 Å². The molecule has 0 aliphatic heterocycles. The first kappa shape index (κ1) is 11.2. The Morgan fingerprint density at radius 2 is 2.27 bits per heavy atom. The smallest absolute Gasteiger partial charge is 0.406 e. The fraction of sp³-hybridized carbons (Fsp3) is 0.286. The van der Waals surface area contributed by atoms with Crippen molar-refractivity contribution in [2.24, 2.45) is 5.73 Å². The maximum atomic E-state index is 12.4. The number of nitrogens with two attached hydrogens (primary N) is 1. The molecule has 0 saturated carbocycles. The first-order valence-electron chi connectivity index (χ1n) is 3.82. The molecule has 0 aliphatic carbocycles. The van der Waals surface area contributed by atoms with Gasteiger partial charge < -0.3 is 21.0 Å². The van der Waals surface area contributed by atoms with E-state index in [9.17, 15) is 24.0 Å². The molecule has 0 radical (unpaired) electrons. The van der Waals surface area contributed by atoms with Crippen molar-refractivity contribution in [3.05, 3.63) is 27.4 Å². The first-order valence-corrected chi connectivity index (χ1v) is 3.82. The standard InChI is InChI=1S/C7H7F2N3O3/c8-6(9)4-2-11-7(12(14)15)5(13)3(4)1-10/h2,6,13H,1,10H2. The van der Waals surface area contributed by atoms with Gasteiger partial charge in [-0.05, 0) is 9.91 Å². The highest BCUT2D eigenvalue weighted by molar-refractivity contribution is 5.48. The Kier molecular flexibility index (Phi) is 3.10. The first-order chi connectivity index (χ1) is 6.99. The van der Waals surface area contributed by atoms with E-state index < -0.39 is 35.0 Å². The lowest BCUT2D eigenvalue weighted by Gasteiger charge is -2.06. The number of nitro groups is 1. The maximum absolute atomic E-state index is 12.4. The highest BCUT2D eigenvalue weighted by atomic mass is 19.3. The summed E-state index contributed by atoms with van der Waals surface area (Å²) in [5.74, 6) is -1.78. The molecular formula is C7H7F2N3O3. The zero-order valence-electron chi connectivity index (χ0n) is 7.35. The van der Waals surface area contributed by atoms with Crippen molar-refractivity contribution in [3.63, 3.8) is 0 Å². The van der Waals surface area contributed by atoms with Crippen LogP contribution in [0.3, 0.4) is 0 Å². The van der Waals surface area contributed by atoms with Crippen molar-refractivity contribution in [2.75, 3.05) is 0 Å². The number of pyridine rings is 1. The van der Waals surface area contributed by atoms with Crippen molar-refractivity contribution in [3.8, 4) is 5.75 Å². The second-order valence-corrected chi connectivity index (χ2v) is 2.63. The normalized spacial score (nSPS) is 10.7. The van der Waals surface area contributed by atoms with Crippen LogP contribution in [0.15, 0.2) is 6.20 Å². The summed E-state index contributed by atoms with van der Waals surface area (Å²) in [6.07, 6.45) is -2.24. The molecule has 0 aromatic carbocycles. The van der Waals surface area contributed by atoms with Crippen molar-refractivity contribution in [1.82, 2.24) is 4.98 Å². The van der Waals surface area contributed by atoms with Gasteiger partial charge in [0.25, 0.3) is 6.43 Å². The average Bonchev–Trinajstić information content (AvgIpc) is 2.16. The van der Waals surface area contributed by atoms with Crippen LogP contribution in [0.2, 0.25) is 0 Å². The van der Waals surface area contributed by atoms with E-state index in [-0.39, 0.29) is 5.56 Å². The van der Waals surface area contributed by atoms with Crippen LogP contribution < -0.4 is 5.73 Å². The molecule has 1 aromatic rings. The lowest BCUT2D eigenvalue weighted by atomic mass is 10.1. The van der Waals surface area contributed by atoms with Gasteiger partial charge in [-0.15, -0.1) is 0 Å². The van der Waals surface area contributed by atoms with E-state index in [0.29, 0.717) is 6.20 Å². The molecule has 0 atom stereocenters. The zero-order valence-corrected chi connectivity index (χ0v) is 7.35. The molecular weight excluding hydrogens is 212 g/mol. The van der Waals surface area contributed by atoms with Gasteiger partial charge in [-0.2, -0.15) is 0 Å². The Bertz CT molecular complexity index is 397. The molecule has 3 N–H and O–H groups in total. The molecule has 6 nitrogen and oxygen atoms in total. The molecule has 15 heavy (non-hydrogen) atoms. The van der Waals surface area contributed by atoms with Crippen LogP contribution in [-0.2, 0) is 6.54 Å².